The molecule has 10 aromatic carbocycles. The van der Waals surface area contributed by atoms with Gasteiger partial charge in [-0.1, -0.05) is 169 Å². The van der Waals surface area contributed by atoms with Gasteiger partial charge in [-0.15, -0.1) is 20.5 Å². The maximum atomic E-state index is 11.4. The van der Waals surface area contributed by atoms with E-state index < -0.39 is 0 Å². The van der Waals surface area contributed by atoms with Crippen molar-refractivity contribution in [3.63, 3.8) is 0 Å². The van der Waals surface area contributed by atoms with E-state index in [0.717, 1.165) is 178 Å². The van der Waals surface area contributed by atoms with E-state index >= 15 is 0 Å². The Morgan fingerprint density at radius 1 is 0.349 bits per heavy atom. The molecule has 1 aliphatic carbocycles. The van der Waals surface area contributed by atoms with E-state index in [0.29, 0.717) is 37.6 Å². The molecule has 2 heterocycles. The van der Waals surface area contributed by atoms with Gasteiger partial charge in [-0.05, 0) is 186 Å². The van der Waals surface area contributed by atoms with Gasteiger partial charge in [0.15, 0.2) is 0 Å². The largest absolute Gasteiger partial charge is 0.494 e. The van der Waals surface area contributed by atoms with Crippen molar-refractivity contribution in [1.29, 1.82) is 0 Å². The monoisotopic (exact) mass is 1420 g/mol. The summed E-state index contributed by atoms with van der Waals surface area (Å²) in [7, 11) is 1.66. The lowest BCUT2D eigenvalue weighted by Gasteiger charge is -2.52. The Balaban J connectivity index is 0.000000235. The molecule has 0 amide bonds. The number of nitrogens with one attached hydrogen (secondary N) is 4. The fourth-order valence-corrected chi connectivity index (χ4v) is 14.2. The van der Waals surface area contributed by atoms with Crippen LogP contribution in [0, 0.1) is 6.92 Å². The molecule has 2 aliphatic heterocycles. The summed E-state index contributed by atoms with van der Waals surface area (Å²) >= 11 is 0. The first-order valence-electron chi connectivity index (χ1n) is 37.7. The summed E-state index contributed by atoms with van der Waals surface area (Å²) < 4.78 is 22.2. The number of rotatable bonds is 33. The maximum absolute atomic E-state index is 11.4. The molecule has 18 heteroatoms. The number of benzene rings is 10. The number of azo groups is 4. The van der Waals surface area contributed by atoms with E-state index in [1.165, 1.54) is 72.7 Å². The number of ether oxygens (including phenoxy) is 4. The number of hydrogen-bond donors (Lipinski definition) is 4. The van der Waals surface area contributed by atoms with Crippen LogP contribution in [-0.4, -0.2) is 56.7 Å². The second kappa shape index (κ2) is 36.5. The lowest BCUT2D eigenvalue weighted by Crippen LogP contribution is -2.59. The molecule has 0 bridgehead atoms. The molecule has 18 nitrogen and oxygen atoms in total. The Hall–Kier alpha value is -11.1. The number of esters is 2. The number of fused-ring (bicyclic) bond motifs is 2. The molecule has 0 radical (unpaired) electrons. The molecule has 1 fully saturated rings. The molecule has 4 N–H and O–H groups in total. The van der Waals surface area contributed by atoms with Crippen LogP contribution in [0.4, 0.5) is 62.6 Å². The van der Waals surface area contributed by atoms with Crippen LogP contribution < -0.4 is 30.7 Å². The first-order chi connectivity index (χ1) is 51.8. The second-order valence-electron chi connectivity index (χ2n) is 28.1. The van der Waals surface area contributed by atoms with Crippen molar-refractivity contribution in [2.45, 2.75) is 161 Å². The third-order valence-electron chi connectivity index (χ3n) is 20.0. The van der Waals surface area contributed by atoms with Gasteiger partial charge in [0.2, 0.25) is 0 Å². The summed E-state index contributed by atoms with van der Waals surface area (Å²) in [6.45, 7) is 15.1. The fraction of sp³-hybridized carbons (Fsp3) is 0.341. The van der Waals surface area contributed by atoms with Crippen LogP contribution >= 0.6 is 0 Å². The predicted molar refractivity (Wildman–Crippen MR) is 431 cm³/mol. The van der Waals surface area contributed by atoms with Gasteiger partial charge in [-0.3, -0.25) is 0 Å². The van der Waals surface area contributed by atoms with Crippen molar-refractivity contribution in [1.82, 2.24) is 0 Å². The Kier molecular flexibility index (Phi) is 25.7. The smallest absolute Gasteiger partial charge is 0.333 e. The second-order valence-corrected chi connectivity index (χ2v) is 28.1. The topological polar surface area (TPSA) is 218 Å². The maximum Gasteiger partial charge on any atom is 0.333 e. The highest BCUT2D eigenvalue weighted by Gasteiger charge is 2.46. The molecule has 106 heavy (non-hydrogen) atoms. The first-order valence-corrected chi connectivity index (χ1v) is 37.7. The number of anilines is 4. The van der Waals surface area contributed by atoms with Gasteiger partial charge in [0.1, 0.15) is 22.8 Å². The minimum atomic E-state index is -0.296. The number of unbranched alkanes of at least 4 members (excludes halogenated alkanes) is 14. The molecule has 0 unspecified atom stereocenters. The van der Waals surface area contributed by atoms with Crippen LogP contribution in [0.2, 0.25) is 0 Å². The zero-order valence-corrected chi connectivity index (χ0v) is 61.7. The summed E-state index contributed by atoms with van der Waals surface area (Å²) in [5.41, 5.74) is 11.9. The lowest BCUT2D eigenvalue weighted by atomic mass is 9.78. The van der Waals surface area contributed by atoms with Crippen molar-refractivity contribution >= 4 is 118 Å². The summed E-state index contributed by atoms with van der Waals surface area (Å²) in [4.78, 5) is 22.7. The highest BCUT2D eigenvalue weighted by molar-refractivity contribution is 6.10. The number of hydrogen-bond acceptors (Lipinski definition) is 18. The van der Waals surface area contributed by atoms with Crippen molar-refractivity contribution in [3.8, 4) is 11.5 Å². The molecule has 2 spiro atoms. The zero-order valence-electron chi connectivity index (χ0n) is 61.7. The van der Waals surface area contributed by atoms with Gasteiger partial charge in [0, 0.05) is 78.6 Å². The Morgan fingerprint density at radius 2 is 0.660 bits per heavy atom. The third kappa shape index (κ3) is 19.4. The minimum Gasteiger partial charge on any atom is -0.494 e. The van der Waals surface area contributed by atoms with E-state index in [1.54, 1.807) is 20.9 Å². The summed E-state index contributed by atoms with van der Waals surface area (Å²) in [5.74, 6) is 1.09. The summed E-state index contributed by atoms with van der Waals surface area (Å²) in [6, 6.07) is 61.1. The average molecular weight is 1420 g/mol. The number of nitrogens with zero attached hydrogens (tertiary/aromatic N) is 8. The number of carbonyl (C=O) groups is 2. The van der Waals surface area contributed by atoms with Crippen LogP contribution in [0.3, 0.4) is 0 Å². The molecule has 0 atom stereocenters. The highest BCUT2D eigenvalue weighted by atomic mass is 16.5. The third-order valence-corrected chi connectivity index (χ3v) is 20.0. The van der Waals surface area contributed by atoms with E-state index in [1.807, 2.05) is 109 Å². The van der Waals surface area contributed by atoms with Crippen molar-refractivity contribution in [2.24, 2.45) is 40.9 Å². The molecule has 10 aromatic rings. The van der Waals surface area contributed by atoms with Crippen LogP contribution in [-0.2, 0) is 19.1 Å². The lowest BCUT2D eigenvalue weighted by molar-refractivity contribution is -0.139. The SMILES string of the molecule is C=C(C)C(=O)OCCCCCCCCCCOc1ccc(N=Nc2ccc(N=NC)c3ccccc23)cc1.C=C(C)C(=O)OCCCCCCCCCCOc1ccc(N=Nc2ccc(N=Nc3ccc4c5c(cccc35)NC3(CCC5(CC3)Nc3cccc6c(C)ccc(c36)N5)N4)c3ccccc23)cc1. The molecule has 3 aliphatic rings. The van der Waals surface area contributed by atoms with Crippen molar-refractivity contribution in [3.05, 3.63) is 212 Å². The first kappa shape index (κ1) is 74.6. The van der Waals surface area contributed by atoms with Crippen molar-refractivity contribution in [2.75, 3.05) is 54.7 Å². The molecule has 0 aromatic heterocycles. The van der Waals surface area contributed by atoms with Gasteiger partial charge in [0.05, 0.1) is 66.2 Å². The molecular formula is C88H98N12O6. The molecule has 1 saturated carbocycles. The van der Waals surface area contributed by atoms with E-state index in [9.17, 15) is 9.59 Å². The van der Waals surface area contributed by atoms with Crippen LogP contribution in [0.25, 0.3) is 43.1 Å². The Morgan fingerprint density at radius 3 is 1.06 bits per heavy atom. The quantitative estimate of drug-likeness (QED) is 0.0132. The summed E-state index contributed by atoms with van der Waals surface area (Å²) in [5, 5.41) is 60.3. The van der Waals surface area contributed by atoms with E-state index in [2.05, 4.69) is 145 Å². The van der Waals surface area contributed by atoms with Crippen LogP contribution in [0.1, 0.15) is 148 Å². The van der Waals surface area contributed by atoms with Crippen molar-refractivity contribution < 1.29 is 28.5 Å². The van der Waals surface area contributed by atoms with E-state index in [4.69, 9.17) is 29.2 Å². The highest BCUT2D eigenvalue weighted by Crippen LogP contribution is 2.50. The molecule has 13 rings (SSSR count). The van der Waals surface area contributed by atoms with Gasteiger partial charge < -0.3 is 40.2 Å². The van der Waals surface area contributed by atoms with Gasteiger partial charge in [-0.25, -0.2) is 9.59 Å². The molecular weight excluding hydrogens is 1320 g/mol. The predicted octanol–water partition coefficient (Wildman–Crippen LogP) is 25.8. The van der Waals surface area contributed by atoms with E-state index in [-0.39, 0.29) is 23.3 Å². The van der Waals surface area contributed by atoms with Crippen LogP contribution in [0.15, 0.2) is 247 Å². The molecule has 0 saturated heterocycles. The zero-order chi connectivity index (χ0) is 73.5. The van der Waals surface area contributed by atoms with Gasteiger partial charge >= 0.3 is 11.9 Å². The van der Waals surface area contributed by atoms with Gasteiger partial charge in [0.25, 0.3) is 0 Å². The molecule has 546 valence electrons. The fourth-order valence-electron chi connectivity index (χ4n) is 14.2. The standard InChI is InChI=1S/C57H60N8O3.C31H38N4O3/c1-38(2)55(66)68-37-13-9-7-5-4-6-8-12-36-67-41-25-23-40(24-26-41)62-63-46-28-29-47(44-17-11-10-16-43(44)46)64-65-48-30-31-52-54-45(48)19-15-21-50(54)59-57(61-52)34-32-56(33-35-57)58-49-20-14-18-42-39(3)22-27-51(60-56)53(42)49;1-24(2)31(36)38-23-13-9-7-5-4-6-8-12-22-37-26-18-16-25(17-19-26)33-35-30-21-20-29(34-32-3)27-14-10-11-15-28(27)30/h10-11,14-31,58-61H,1,4-9,12-13,32-37H2,2-3H3;10-11,14-21H,1,4-9,12-13,22-23H2,2-3H3. The Bertz CT molecular complexity index is 4820. The van der Waals surface area contributed by atoms with Gasteiger partial charge in [-0.2, -0.15) is 20.5 Å². The Labute approximate surface area is 622 Å². The number of carbonyl (C=O) groups excluding carboxylic acids is 2. The average Bonchev–Trinajstić information content (AvgIpc) is 0.730. The normalized spacial score (nSPS) is 15.8. The summed E-state index contributed by atoms with van der Waals surface area (Å²) in [6.07, 6.45) is 21.8. The minimum absolute atomic E-state index is 0.202. The van der Waals surface area contributed by atoms with Crippen LogP contribution in [0.5, 0.6) is 11.5 Å². The number of aryl methyl sites for hydroxylation is 1.